The first kappa shape index (κ1) is 22.4. The molecule has 1 aromatic heterocycles. The fourth-order valence-corrected chi connectivity index (χ4v) is 4.70. The lowest BCUT2D eigenvalue weighted by molar-refractivity contribution is -0.134. The number of fused-ring (bicyclic) bond motifs is 1. The summed E-state index contributed by atoms with van der Waals surface area (Å²) in [5.74, 6) is 1.29. The molecule has 1 fully saturated rings. The average Bonchev–Trinajstić information content (AvgIpc) is 3.65. The first-order valence-corrected chi connectivity index (χ1v) is 12.0. The molecular formula is C28H31N3O3. The van der Waals surface area contributed by atoms with E-state index in [4.69, 9.17) is 9.72 Å². The van der Waals surface area contributed by atoms with Crippen molar-refractivity contribution in [3.05, 3.63) is 93.2 Å². The number of nitrogens with zero attached hydrogens (tertiary/aromatic N) is 2. The third-order valence-electron chi connectivity index (χ3n) is 7.03. The Bertz CT molecular complexity index is 1250. The van der Waals surface area contributed by atoms with E-state index in [1.54, 1.807) is 4.90 Å². The normalized spacial score (nSPS) is 16.6. The zero-order valence-corrected chi connectivity index (χ0v) is 20.1. The van der Waals surface area contributed by atoms with Crippen molar-refractivity contribution in [2.45, 2.75) is 57.4 Å². The van der Waals surface area contributed by atoms with Crippen molar-refractivity contribution < 1.29 is 9.53 Å². The lowest BCUT2D eigenvalue weighted by Crippen LogP contribution is -2.42. The van der Waals surface area contributed by atoms with E-state index in [0.717, 1.165) is 24.4 Å². The van der Waals surface area contributed by atoms with Gasteiger partial charge in [-0.15, -0.1) is 0 Å². The minimum atomic E-state index is -0.182. The van der Waals surface area contributed by atoms with Crippen LogP contribution in [0.4, 0.5) is 0 Å². The molecule has 6 nitrogen and oxygen atoms in total. The van der Waals surface area contributed by atoms with Crippen LogP contribution in [0.2, 0.25) is 0 Å². The van der Waals surface area contributed by atoms with Crippen LogP contribution in [0.15, 0.2) is 59.4 Å². The van der Waals surface area contributed by atoms with Crippen LogP contribution in [0.25, 0.3) is 0 Å². The minimum Gasteiger partial charge on any atom is -0.484 e. The van der Waals surface area contributed by atoms with Crippen LogP contribution < -0.4 is 10.3 Å². The summed E-state index contributed by atoms with van der Waals surface area (Å²) >= 11 is 0. The van der Waals surface area contributed by atoms with Crippen LogP contribution in [0, 0.1) is 0 Å². The molecule has 0 unspecified atom stereocenters. The summed E-state index contributed by atoms with van der Waals surface area (Å²) in [6.45, 7) is 7.23. The predicted octanol–water partition coefficient (Wildman–Crippen LogP) is 4.11. The second-order valence-electron chi connectivity index (χ2n) is 10.4. The molecular weight excluding hydrogens is 426 g/mol. The topological polar surface area (TPSA) is 75.3 Å². The van der Waals surface area contributed by atoms with Gasteiger partial charge in [0.05, 0.1) is 23.2 Å². The summed E-state index contributed by atoms with van der Waals surface area (Å²) in [6, 6.07) is 18.1. The molecule has 1 N–H and O–H groups in total. The van der Waals surface area contributed by atoms with Crippen LogP contribution in [0.1, 0.15) is 61.8 Å². The molecule has 2 heterocycles. The molecule has 6 heteroatoms. The van der Waals surface area contributed by atoms with Gasteiger partial charge in [0.25, 0.3) is 11.5 Å². The Labute approximate surface area is 200 Å². The number of rotatable bonds is 5. The lowest BCUT2D eigenvalue weighted by atomic mass is 9.87. The molecule has 3 aromatic rings. The molecule has 2 aliphatic rings. The van der Waals surface area contributed by atoms with E-state index in [-0.39, 0.29) is 35.4 Å². The van der Waals surface area contributed by atoms with Gasteiger partial charge in [-0.3, -0.25) is 9.59 Å². The van der Waals surface area contributed by atoms with Gasteiger partial charge in [0.1, 0.15) is 11.6 Å². The summed E-state index contributed by atoms with van der Waals surface area (Å²) in [6.07, 6.45) is 2.54. The highest BCUT2D eigenvalue weighted by atomic mass is 16.5. The van der Waals surface area contributed by atoms with Gasteiger partial charge in [-0.1, -0.05) is 63.2 Å². The Kier molecular flexibility index (Phi) is 5.54. The number of amides is 1. The van der Waals surface area contributed by atoms with Crippen molar-refractivity contribution in [2.24, 2.45) is 0 Å². The summed E-state index contributed by atoms with van der Waals surface area (Å²) in [7, 11) is 0. The largest absolute Gasteiger partial charge is 0.484 e. The van der Waals surface area contributed by atoms with E-state index in [9.17, 15) is 9.59 Å². The van der Waals surface area contributed by atoms with Crippen LogP contribution in [-0.2, 0) is 28.6 Å². The van der Waals surface area contributed by atoms with Gasteiger partial charge >= 0.3 is 0 Å². The lowest BCUT2D eigenvalue weighted by Gasteiger charge is -2.28. The number of aromatic nitrogens is 2. The van der Waals surface area contributed by atoms with Gasteiger partial charge < -0.3 is 14.6 Å². The van der Waals surface area contributed by atoms with Crippen molar-refractivity contribution in [1.29, 1.82) is 0 Å². The number of benzene rings is 2. The molecule has 2 aromatic carbocycles. The Morgan fingerprint density at radius 3 is 2.44 bits per heavy atom. The van der Waals surface area contributed by atoms with Crippen LogP contribution >= 0.6 is 0 Å². The van der Waals surface area contributed by atoms with E-state index < -0.39 is 0 Å². The Hall–Kier alpha value is -3.41. The number of carbonyl (C=O) groups excluding carboxylic acids is 1. The monoisotopic (exact) mass is 457 g/mol. The smallest absolute Gasteiger partial charge is 0.260 e. The maximum atomic E-state index is 13.0. The highest BCUT2D eigenvalue weighted by Crippen LogP contribution is 2.51. The van der Waals surface area contributed by atoms with Crippen LogP contribution in [-0.4, -0.2) is 33.9 Å². The third kappa shape index (κ3) is 4.25. The average molecular weight is 458 g/mol. The summed E-state index contributed by atoms with van der Waals surface area (Å²) in [5, 5.41) is 0. The van der Waals surface area contributed by atoms with Crippen molar-refractivity contribution in [3.63, 3.8) is 0 Å². The molecule has 0 atom stereocenters. The number of aromatic amines is 1. The van der Waals surface area contributed by atoms with Crippen molar-refractivity contribution in [3.8, 4) is 5.75 Å². The summed E-state index contributed by atoms with van der Waals surface area (Å²) in [5.41, 5.74) is 3.54. The second-order valence-corrected chi connectivity index (χ2v) is 10.4. The molecule has 0 spiro atoms. The standard InChI is InChI=1S/C28H31N3O3/c1-27(2,3)19-9-11-21(12-10-19)34-18-24(32)31-16-13-23-22(17-31)25(33)30-26(29-23)28(14-15-28)20-7-5-4-6-8-20/h4-12H,13-18H2,1-3H3,(H,29,30,33). The van der Waals surface area contributed by atoms with E-state index in [1.165, 1.54) is 11.1 Å². The number of carbonyl (C=O) groups is 1. The molecule has 0 radical (unpaired) electrons. The van der Waals surface area contributed by atoms with Gasteiger partial charge in [0.15, 0.2) is 6.61 Å². The number of hydrogen-bond donors (Lipinski definition) is 1. The molecule has 1 saturated carbocycles. The van der Waals surface area contributed by atoms with Crippen molar-refractivity contribution >= 4 is 5.91 Å². The SMILES string of the molecule is CC(C)(C)c1ccc(OCC(=O)N2CCc3nc(C4(c5ccccc5)CC4)[nH]c(=O)c3C2)cc1. The highest BCUT2D eigenvalue weighted by Gasteiger charge is 2.48. The first-order chi connectivity index (χ1) is 16.3. The summed E-state index contributed by atoms with van der Waals surface area (Å²) < 4.78 is 5.74. The predicted molar refractivity (Wildman–Crippen MR) is 131 cm³/mol. The minimum absolute atomic E-state index is 0.0509. The molecule has 176 valence electrons. The molecule has 34 heavy (non-hydrogen) atoms. The van der Waals surface area contributed by atoms with Crippen molar-refractivity contribution in [1.82, 2.24) is 14.9 Å². The first-order valence-electron chi connectivity index (χ1n) is 12.0. The van der Waals surface area contributed by atoms with E-state index in [1.807, 2.05) is 42.5 Å². The molecule has 0 saturated heterocycles. The number of nitrogens with one attached hydrogen (secondary N) is 1. The number of ether oxygens (including phenoxy) is 1. The molecule has 1 aliphatic carbocycles. The molecule has 5 rings (SSSR count). The fourth-order valence-electron chi connectivity index (χ4n) is 4.70. The molecule has 1 aliphatic heterocycles. The highest BCUT2D eigenvalue weighted by molar-refractivity contribution is 5.78. The summed E-state index contributed by atoms with van der Waals surface area (Å²) in [4.78, 5) is 35.4. The number of H-pyrrole nitrogens is 1. The Morgan fingerprint density at radius 1 is 1.09 bits per heavy atom. The third-order valence-corrected chi connectivity index (χ3v) is 7.03. The second kappa shape index (κ2) is 8.42. The number of hydrogen-bond acceptors (Lipinski definition) is 4. The Balaban J connectivity index is 1.26. The van der Waals surface area contributed by atoms with Gasteiger partial charge in [-0.05, 0) is 41.5 Å². The fraction of sp³-hybridized carbons (Fsp3) is 0.393. The molecule has 1 amide bonds. The zero-order valence-electron chi connectivity index (χ0n) is 20.1. The maximum absolute atomic E-state index is 13.0. The van der Waals surface area contributed by atoms with Gasteiger partial charge in [-0.2, -0.15) is 0 Å². The van der Waals surface area contributed by atoms with Crippen LogP contribution in [0.3, 0.4) is 0 Å². The maximum Gasteiger partial charge on any atom is 0.260 e. The van der Waals surface area contributed by atoms with Gasteiger partial charge in [-0.25, -0.2) is 4.98 Å². The molecule has 0 bridgehead atoms. The zero-order chi connectivity index (χ0) is 23.9. The van der Waals surface area contributed by atoms with Crippen molar-refractivity contribution in [2.75, 3.05) is 13.2 Å². The van der Waals surface area contributed by atoms with Crippen LogP contribution in [0.5, 0.6) is 5.75 Å². The quantitative estimate of drug-likeness (QED) is 0.626. The van der Waals surface area contributed by atoms with E-state index in [2.05, 4.69) is 37.9 Å². The van der Waals surface area contributed by atoms with E-state index >= 15 is 0 Å². The van der Waals surface area contributed by atoms with Gasteiger partial charge in [0.2, 0.25) is 0 Å². The Morgan fingerprint density at radius 2 is 1.79 bits per heavy atom. The van der Waals surface area contributed by atoms with Gasteiger partial charge in [0, 0.05) is 13.0 Å². The van der Waals surface area contributed by atoms with E-state index in [0.29, 0.717) is 24.3 Å².